The second-order valence-electron chi connectivity index (χ2n) is 10.1. The first-order valence-corrected chi connectivity index (χ1v) is 12.9. The molecule has 0 saturated carbocycles. The predicted molar refractivity (Wildman–Crippen MR) is 137 cm³/mol. The molecule has 2 amide bonds. The normalized spacial score (nSPS) is 18.0. The van der Waals surface area contributed by atoms with Crippen molar-refractivity contribution >= 4 is 33.9 Å². The van der Waals surface area contributed by atoms with E-state index in [1.165, 1.54) is 12.1 Å². The molecule has 1 aliphatic heterocycles. The van der Waals surface area contributed by atoms with Gasteiger partial charge in [0.25, 0.3) is 16.1 Å². The van der Waals surface area contributed by atoms with E-state index in [4.69, 9.17) is 14.0 Å². The molecule has 1 saturated heterocycles. The van der Waals surface area contributed by atoms with Gasteiger partial charge in [0.05, 0.1) is 18.9 Å². The number of ether oxygens (including phenoxy) is 2. The minimum atomic E-state index is -2.40. The zero-order chi connectivity index (χ0) is 25.9. The van der Waals surface area contributed by atoms with Crippen molar-refractivity contribution in [3.63, 3.8) is 0 Å². The first-order chi connectivity index (χ1) is 17.1. The van der Waals surface area contributed by atoms with Gasteiger partial charge in [-0.05, 0) is 54.3 Å². The van der Waals surface area contributed by atoms with E-state index in [2.05, 4.69) is 32.9 Å². The van der Waals surface area contributed by atoms with Gasteiger partial charge >= 0.3 is 0 Å². The van der Waals surface area contributed by atoms with Gasteiger partial charge < -0.3 is 14.0 Å². The van der Waals surface area contributed by atoms with Crippen molar-refractivity contribution in [3.05, 3.63) is 53.2 Å². The fraction of sp³-hybridized carbons (Fsp3) is 0.444. The molecule has 1 aliphatic rings. The summed E-state index contributed by atoms with van der Waals surface area (Å²) in [4.78, 5) is 23.1. The molecule has 2 heterocycles. The number of alkyl halides is 1. The number of halogens is 1. The van der Waals surface area contributed by atoms with Gasteiger partial charge in [-0.3, -0.25) is 14.9 Å². The molecule has 192 valence electrons. The van der Waals surface area contributed by atoms with Crippen molar-refractivity contribution < 1.29 is 28.0 Å². The highest BCUT2D eigenvalue weighted by atomic mass is 32.2. The number of nitrogens with one attached hydrogen (secondary N) is 1. The van der Waals surface area contributed by atoms with Crippen LogP contribution in [0.2, 0.25) is 0 Å². The number of hydrogen-bond donors (Lipinski definition) is 1. The number of fused-ring (bicyclic) bond motifs is 1. The van der Waals surface area contributed by atoms with Crippen molar-refractivity contribution in [1.82, 2.24) is 10.5 Å². The van der Waals surface area contributed by atoms with Crippen molar-refractivity contribution in [3.8, 4) is 11.5 Å². The summed E-state index contributed by atoms with van der Waals surface area (Å²) in [7, 11) is 0. The third kappa shape index (κ3) is 5.83. The first-order valence-electron chi connectivity index (χ1n) is 12.1. The Balaban J connectivity index is 1.33. The monoisotopic (exact) mass is 514 g/mol. The number of carbonyl (C=O) groups is 2. The summed E-state index contributed by atoms with van der Waals surface area (Å²) in [5.41, 5.74) is 3.06. The van der Waals surface area contributed by atoms with Crippen molar-refractivity contribution in [1.29, 1.82) is 0 Å². The second-order valence-corrected chi connectivity index (χ2v) is 11.2. The lowest BCUT2D eigenvalue weighted by atomic mass is 9.89. The topological polar surface area (TPSA) is 90.7 Å². The molecule has 0 radical (unpaired) electrons. The van der Waals surface area contributed by atoms with Gasteiger partial charge in [0.2, 0.25) is 0 Å². The molecule has 0 spiro atoms. The summed E-state index contributed by atoms with van der Waals surface area (Å²) < 4.78 is 32.3. The molecule has 1 unspecified atom stereocenters. The van der Waals surface area contributed by atoms with E-state index < -0.39 is 16.1 Å². The van der Waals surface area contributed by atoms with Crippen LogP contribution < -0.4 is 14.8 Å². The molecular formula is C27H31FN2O5S. The Morgan fingerprint density at radius 3 is 2.39 bits per heavy atom. The second kappa shape index (κ2) is 10.5. The van der Waals surface area contributed by atoms with Gasteiger partial charge in [-0.15, -0.1) is 0 Å². The number of thioether (sulfide) groups is 1. The lowest BCUT2D eigenvalue weighted by molar-refractivity contribution is -0.126. The Labute approximate surface area is 214 Å². The van der Waals surface area contributed by atoms with Crippen molar-refractivity contribution in [2.45, 2.75) is 58.4 Å². The zero-order valence-corrected chi connectivity index (χ0v) is 21.8. The first kappa shape index (κ1) is 26.0. The van der Waals surface area contributed by atoms with Gasteiger partial charge in [0, 0.05) is 22.9 Å². The third-order valence-corrected chi connectivity index (χ3v) is 6.70. The fourth-order valence-electron chi connectivity index (χ4n) is 4.07. The van der Waals surface area contributed by atoms with E-state index in [0.29, 0.717) is 37.1 Å². The number of hydrogen-bond acceptors (Lipinski definition) is 7. The van der Waals surface area contributed by atoms with E-state index in [1.807, 2.05) is 17.4 Å². The lowest BCUT2D eigenvalue weighted by Crippen LogP contribution is -2.30. The fourth-order valence-corrected chi connectivity index (χ4v) is 4.86. The molecule has 9 heteroatoms. The van der Waals surface area contributed by atoms with Crippen molar-refractivity contribution in [2.75, 3.05) is 13.2 Å². The maximum absolute atomic E-state index is 14.9. The average Bonchev–Trinajstić information content (AvgIpc) is 3.32. The van der Waals surface area contributed by atoms with Crippen LogP contribution in [0.25, 0.3) is 11.0 Å². The Bertz CT molecular complexity index is 1250. The number of imide groups is 1. The van der Waals surface area contributed by atoms with Crippen LogP contribution in [0, 0.1) is 5.41 Å². The van der Waals surface area contributed by atoms with Crippen LogP contribution >= 0.6 is 11.8 Å². The van der Waals surface area contributed by atoms with Gasteiger partial charge in [-0.25, -0.2) is 4.39 Å². The molecule has 3 aromatic rings. The van der Waals surface area contributed by atoms with Gasteiger partial charge in [0.15, 0.2) is 5.58 Å². The minimum Gasteiger partial charge on any atom is -0.493 e. The maximum Gasteiger partial charge on any atom is 0.289 e. The lowest BCUT2D eigenvalue weighted by Gasteiger charge is -2.16. The molecule has 1 atom stereocenters. The summed E-state index contributed by atoms with van der Waals surface area (Å²) in [6.45, 7) is 9.52. The Morgan fingerprint density at radius 1 is 1.08 bits per heavy atom. The molecule has 0 aliphatic carbocycles. The molecule has 7 nitrogen and oxygen atoms in total. The summed E-state index contributed by atoms with van der Waals surface area (Å²) >= 11 is 0.332. The number of carbonyl (C=O) groups excluding carboxylic acids is 2. The number of amides is 2. The minimum absolute atomic E-state index is 0.0890. The summed E-state index contributed by atoms with van der Waals surface area (Å²) in [5, 5.41) is 4.21. The van der Waals surface area contributed by atoms with Crippen LogP contribution in [0.15, 0.2) is 40.9 Å². The van der Waals surface area contributed by atoms with Gasteiger partial charge in [-0.1, -0.05) is 51.4 Å². The standard InChI is InChI=1S/C27H31FN2O5S/c1-5-7-17-14-20(15-21-22(16-26(2,3)4)30-35-23(17)21)34-13-6-12-33-19-10-8-18(9-11-19)27(28)24(31)29-25(32)36-27/h8-11,14-15H,5-7,12-13,16H2,1-4H3,(H,29,31,32). The summed E-state index contributed by atoms with van der Waals surface area (Å²) in [6, 6.07) is 10.1. The van der Waals surface area contributed by atoms with Crippen LogP contribution in [0.1, 0.15) is 57.4 Å². The van der Waals surface area contributed by atoms with Crippen LogP contribution in [0.3, 0.4) is 0 Å². The average molecular weight is 515 g/mol. The Kier molecular flexibility index (Phi) is 7.59. The van der Waals surface area contributed by atoms with E-state index in [0.717, 1.165) is 47.2 Å². The molecule has 1 fully saturated rings. The van der Waals surface area contributed by atoms with E-state index in [9.17, 15) is 14.0 Å². The molecular weight excluding hydrogens is 483 g/mol. The number of benzene rings is 2. The number of rotatable bonds is 10. The predicted octanol–water partition coefficient (Wildman–Crippen LogP) is 6.32. The number of aromatic nitrogens is 1. The molecule has 2 aromatic carbocycles. The van der Waals surface area contributed by atoms with E-state index >= 15 is 0 Å². The Hall–Kier alpha value is -3.07. The third-order valence-electron chi connectivity index (χ3n) is 5.71. The zero-order valence-electron chi connectivity index (χ0n) is 21.0. The maximum atomic E-state index is 14.9. The van der Waals surface area contributed by atoms with Crippen LogP contribution in [0.5, 0.6) is 11.5 Å². The van der Waals surface area contributed by atoms with Crippen LogP contribution in [0.4, 0.5) is 9.18 Å². The van der Waals surface area contributed by atoms with Gasteiger partial charge in [-0.2, -0.15) is 0 Å². The molecule has 4 rings (SSSR count). The van der Waals surface area contributed by atoms with Crippen molar-refractivity contribution in [2.24, 2.45) is 5.41 Å². The molecule has 1 N–H and O–H groups in total. The molecule has 0 bridgehead atoms. The Morgan fingerprint density at radius 2 is 1.78 bits per heavy atom. The largest absolute Gasteiger partial charge is 0.493 e. The van der Waals surface area contributed by atoms with Crippen LogP contribution in [-0.4, -0.2) is 29.5 Å². The smallest absolute Gasteiger partial charge is 0.289 e. The quantitative estimate of drug-likeness (QED) is 0.317. The SMILES string of the molecule is CCCc1cc(OCCCOc2ccc(C3(F)SC(=O)NC3=O)cc2)cc2c(CC(C)(C)C)noc12. The van der Waals surface area contributed by atoms with E-state index in [-0.39, 0.29) is 11.0 Å². The number of aryl methyl sites for hydroxylation is 1. The van der Waals surface area contributed by atoms with E-state index in [1.54, 1.807) is 12.1 Å². The summed E-state index contributed by atoms with van der Waals surface area (Å²) in [5.74, 6) is 0.365. The highest BCUT2D eigenvalue weighted by Crippen LogP contribution is 2.43. The van der Waals surface area contributed by atoms with Gasteiger partial charge in [0.1, 0.15) is 11.5 Å². The highest BCUT2D eigenvalue weighted by molar-refractivity contribution is 8.15. The van der Waals surface area contributed by atoms with Crippen LogP contribution in [-0.2, 0) is 22.6 Å². The highest BCUT2D eigenvalue weighted by Gasteiger charge is 2.50. The number of nitrogens with zero attached hydrogens (tertiary/aromatic N) is 1. The molecule has 36 heavy (non-hydrogen) atoms. The summed E-state index contributed by atoms with van der Waals surface area (Å²) in [6.07, 6.45) is 3.32. The molecule has 1 aromatic heterocycles.